The van der Waals surface area contributed by atoms with Crippen molar-refractivity contribution in [3.05, 3.63) is 34.6 Å². The molecule has 16 heavy (non-hydrogen) atoms. The Balaban J connectivity index is 2.52. The van der Waals surface area contributed by atoms with E-state index in [1.807, 2.05) is 13.8 Å². The van der Waals surface area contributed by atoms with Crippen LogP contribution in [-0.4, -0.2) is 6.29 Å². The van der Waals surface area contributed by atoms with Gasteiger partial charge in [-0.05, 0) is 53.5 Å². The van der Waals surface area contributed by atoms with Gasteiger partial charge in [0.05, 0.1) is 0 Å². The average molecular weight is 220 g/mol. The van der Waals surface area contributed by atoms with Crippen molar-refractivity contribution in [1.29, 1.82) is 0 Å². The molecule has 0 unspecified atom stereocenters. The molecule has 86 valence electrons. The van der Waals surface area contributed by atoms with Crippen LogP contribution < -0.4 is 0 Å². The summed E-state index contributed by atoms with van der Waals surface area (Å²) >= 11 is 0. The molecule has 0 bridgehead atoms. The van der Waals surface area contributed by atoms with Crippen molar-refractivity contribution < 1.29 is 9.18 Å². The molecule has 1 fully saturated rings. The highest BCUT2D eigenvalue weighted by atomic mass is 19.1. The Hall–Kier alpha value is -1.18. The summed E-state index contributed by atoms with van der Waals surface area (Å²) < 4.78 is 13.5. The molecule has 1 aromatic rings. The van der Waals surface area contributed by atoms with Crippen molar-refractivity contribution in [2.24, 2.45) is 0 Å². The molecular formula is C14H17FO. The van der Waals surface area contributed by atoms with Gasteiger partial charge in [0.1, 0.15) is 12.1 Å². The van der Waals surface area contributed by atoms with E-state index in [4.69, 9.17) is 0 Å². The number of benzene rings is 1. The van der Waals surface area contributed by atoms with E-state index in [1.54, 1.807) is 12.1 Å². The maximum absolute atomic E-state index is 13.5. The molecule has 1 nitrogen and oxygen atoms in total. The number of hydrogen-bond acceptors (Lipinski definition) is 1. The third kappa shape index (κ3) is 2.16. The normalized spacial score (nSPS) is 15.5. The lowest BCUT2D eigenvalue weighted by molar-refractivity contribution is -0.107. The number of carbonyl (C=O) groups excluding carboxylic acids is 1. The maximum atomic E-state index is 13.5. The first-order valence-electron chi connectivity index (χ1n) is 5.89. The van der Waals surface area contributed by atoms with Crippen molar-refractivity contribution in [1.82, 2.24) is 0 Å². The van der Waals surface area contributed by atoms with E-state index in [2.05, 4.69) is 0 Å². The van der Waals surface area contributed by atoms with E-state index in [0.29, 0.717) is 12.3 Å². The second-order valence-electron chi connectivity index (χ2n) is 4.86. The van der Waals surface area contributed by atoms with Gasteiger partial charge in [0, 0.05) is 6.42 Å². The first-order valence-corrected chi connectivity index (χ1v) is 5.89. The minimum absolute atomic E-state index is 0.166. The van der Waals surface area contributed by atoms with Gasteiger partial charge in [-0.15, -0.1) is 0 Å². The van der Waals surface area contributed by atoms with Crippen LogP contribution in [0.25, 0.3) is 0 Å². The summed E-state index contributed by atoms with van der Waals surface area (Å²) in [4.78, 5) is 10.7. The first-order chi connectivity index (χ1) is 7.63. The molecule has 2 rings (SSSR count). The fourth-order valence-corrected chi connectivity index (χ4v) is 2.27. The molecule has 0 spiro atoms. The molecule has 1 aliphatic rings. The summed E-state index contributed by atoms with van der Waals surface area (Å²) in [7, 11) is 0. The topological polar surface area (TPSA) is 17.1 Å². The predicted molar refractivity (Wildman–Crippen MR) is 62.2 cm³/mol. The number of halogens is 1. The lowest BCUT2D eigenvalue weighted by atomic mass is 9.89. The number of carbonyl (C=O) groups is 1. The Labute approximate surface area is 95.7 Å². The van der Waals surface area contributed by atoms with Crippen LogP contribution in [0.1, 0.15) is 55.2 Å². The molecule has 1 saturated carbocycles. The third-order valence-electron chi connectivity index (χ3n) is 3.21. The summed E-state index contributed by atoms with van der Waals surface area (Å²) in [6.07, 6.45) is 3.60. The Kier molecular flexibility index (Phi) is 3.08. The smallest absolute Gasteiger partial charge is 0.124 e. The molecular weight excluding hydrogens is 203 g/mol. The predicted octanol–water partition coefficient (Wildman–Crippen LogP) is 3.57. The maximum Gasteiger partial charge on any atom is 0.124 e. The second-order valence-corrected chi connectivity index (χ2v) is 4.86. The van der Waals surface area contributed by atoms with Crippen molar-refractivity contribution in [2.75, 3.05) is 0 Å². The first kappa shape index (κ1) is 11.3. The van der Waals surface area contributed by atoms with Gasteiger partial charge in [-0.3, -0.25) is 0 Å². The largest absolute Gasteiger partial charge is 0.303 e. The molecule has 0 atom stereocenters. The van der Waals surface area contributed by atoms with Crippen molar-refractivity contribution >= 4 is 6.29 Å². The third-order valence-corrected chi connectivity index (χ3v) is 3.21. The number of hydrogen-bond donors (Lipinski definition) is 0. The van der Waals surface area contributed by atoms with Gasteiger partial charge in [-0.25, -0.2) is 4.39 Å². The Bertz CT molecular complexity index is 382. The van der Waals surface area contributed by atoms with Crippen molar-refractivity contribution in [2.45, 2.75) is 44.9 Å². The molecule has 2 heteroatoms. The lowest BCUT2D eigenvalue weighted by Gasteiger charge is -2.16. The van der Waals surface area contributed by atoms with Crippen LogP contribution in [0.4, 0.5) is 4.39 Å². The summed E-state index contributed by atoms with van der Waals surface area (Å²) in [5.74, 6) is 0.589. The van der Waals surface area contributed by atoms with Crippen LogP contribution in [0.2, 0.25) is 0 Å². The molecule has 1 aliphatic carbocycles. The van der Waals surface area contributed by atoms with Crippen LogP contribution in [0.15, 0.2) is 12.1 Å². The monoisotopic (exact) mass is 220 g/mol. The highest BCUT2D eigenvalue weighted by Crippen LogP contribution is 2.43. The lowest BCUT2D eigenvalue weighted by Crippen LogP contribution is -2.03. The second kappa shape index (κ2) is 4.36. The molecule has 1 aromatic carbocycles. The summed E-state index contributed by atoms with van der Waals surface area (Å²) in [5.41, 5.74) is 3.12. The van der Waals surface area contributed by atoms with Gasteiger partial charge >= 0.3 is 0 Å². The van der Waals surface area contributed by atoms with E-state index >= 15 is 0 Å². The minimum Gasteiger partial charge on any atom is -0.303 e. The molecule has 0 heterocycles. The molecule has 0 saturated heterocycles. The van der Waals surface area contributed by atoms with E-state index in [-0.39, 0.29) is 11.7 Å². The number of rotatable bonds is 4. The Morgan fingerprint density at radius 3 is 2.62 bits per heavy atom. The van der Waals surface area contributed by atoms with Gasteiger partial charge in [-0.1, -0.05) is 13.8 Å². The molecule has 0 amide bonds. The van der Waals surface area contributed by atoms with Crippen LogP contribution in [-0.2, 0) is 11.2 Å². The minimum atomic E-state index is -0.166. The van der Waals surface area contributed by atoms with Gasteiger partial charge < -0.3 is 4.79 Å². The Morgan fingerprint density at radius 1 is 1.44 bits per heavy atom. The summed E-state index contributed by atoms with van der Waals surface area (Å²) in [6.45, 7) is 4.08. The van der Waals surface area contributed by atoms with E-state index < -0.39 is 0 Å². The average Bonchev–Trinajstić information content (AvgIpc) is 3.03. The van der Waals surface area contributed by atoms with Gasteiger partial charge in [0.2, 0.25) is 0 Å². The molecule has 0 radical (unpaired) electrons. The fourth-order valence-electron chi connectivity index (χ4n) is 2.27. The number of aldehydes is 1. The van der Waals surface area contributed by atoms with Gasteiger partial charge in [0.25, 0.3) is 0 Å². The summed E-state index contributed by atoms with van der Waals surface area (Å²) in [5, 5.41) is 0. The highest BCUT2D eigenvalue weighted by molar-refractivity contribution is 5.59. The van der Waals surface area contributed by atoms with E-state index in [9.17, 15) is 9.18 Å². The SMILES string of the molecule is CC(C)c1cc(F)cc(C2CC2)c1CC=O. The van der Waals surface area contributed by atoms with E-state index in [0.717, 1.165) is 35.8 Å². The highest BCUT2D eigenvalue weighted by Gasteiger charge is 2.28. The zero-order chi connectivity index (χ0) is 11.7. The zero-order valence-corrected chi connectivity index (χ0v) is 9.79. The van der Waals surface area contributed by atoms with Gasteiger partial charge in [0.15, 0.2) is 0 Å². The van der Waals surface area contributed by atoms with E-state index in [1.165, 1.54) is 0 Å². The Morgan fingerprint density at radius 2 is 2.12 bits per heavy atom. The quantitative estimate of drug-likeness (QED) is 0.709. The van der Waals surface area contributed by atoms with Crippen LogP contribution in [0.5, 0.6) is 0 Å². The fraction of sp³-hybridized carbons (Fsp3) is 0.500. The van der Waals surface area contributed by atoms with Crippen LogP contribution in [0.3, 0.4) is 0 Å². The van der Waals surface area contributed by atoms with Crippen molar-refractivity contribution in [3.63, 3.8) is 0 Å². The van der Waals surface area contributed by atoms with Crippen LogP contribution in [0, 0.1) is 5.82 Å². The zero-order valence-electron chi connectivity index (χ0n) is 9.79. The standard InChI is InChI=1S/C14H17FO/c1-9(2)13-7-11(15)8-14(10-3-4-10)12(13)5-6-16/h6-10H,3-5H2,1-2H3. The molecule has 0 aliphatic heterocycles. The van der Waals surface area contributed by atoms with Crippen LogP contribution >= 0.6 is 0 Å². The summed E-state index contributed by atoms with van der Waals surface area (Å²) in [6, 6.07) is 3.19. The van der Waals surface area contributed by atoms with Gasteiger partial charge in [-0.2, -0.15) is 0 Å². The molecule has 0 aromatic heterocycles. The van der Waals surface area contributed by atoms with Crippen molar-refractivity contribution in [3.8, 4) is 0 Å². The molecule has 0 N–H and O–H groups in total.